The van der Waals surface area contributed by atoms with E-state index in [-0.39, 0.29) is 25.1 Å². The number of carbonyl (C=O) groups excluding carboxylic acids is 2. The summed E-state index contributed by atoms with van der Waals surface area (Å²) >= 11 is 0. The fourth-order valence-electron chi connectivity index (χ4n) is 2.41. The Morgan fingerprint density at radius 2 is 2.07 bits per heavy atom. The fraction of sp³-hybridized carbons (Fsp3) is 0.278. The zero-order valence-electron chi connectivity index (χ0n) is 14.6. The van der Waals surface area contributed by atoms with Crippen LogP contribution in [0.15, 0.2) is 51.9 Å². The number of esters is 1. The third-order valence-corrected chi connectivity index (χ3v) is 3.85. The second kappa shape index (κ2) is 8.26. The molecule has 1 N–H and O–H groups in total. The minimum Gasteiger partial charge on any atom is -0.467 e. The van der Waals surface area contributed by atoms with Gasteiger partial charge in [-0.3, -0.25) is 14.4 Å². The molecule has 0 aliphatic carbocycles. The van der Waals surface area contributed by atoms with Crippen LogP contribution in [0.25, 0.3) is 10.9 Å². The van der Waals surface area contributed by atoms with Gasteiger partial charge in [0, 0.05) is 0 Å². The van der Waals surface area contributed by atoms with Crippen molar-refractivity contribution < 1.29 is 18.7 Å². The first-order valence-corrected chi connectivity index (χ1v) is 8.36. The normalized spacial score (nSPS) is 11.9. The topological polar surface area (TPSA) is 116 Å². The van der Waals surface area contributed by atoms with Crippen LogP contribution < -0.4 is 10.9 Å². The van der Waals surface area contributed by atoms with Gasteiger partial charge in [-0.15, -0.1) is 5.10 Å². The smallest absolute Gasteiger partial charge is 0.308 e. The van der Waals surface area contributed by atoms with Crippen molar-refractivity contribution in [3.05, 3.63) is 58.8 Å². The van der Waals surface area contributed by atoms with Crippen LogP contribution >= 0.6 is 0 Å². The van der Waals surface area contributed by atoms with Gasteiger partial charge in [-0.05, 0) is 31.2 Å². The van der Waals surface area contributed by atoms with Gasteiger partial charge in [-0.2, -0.15) is 0 Å². The molecule has 140 valence electrons. The maximum absolute atomic E-state index is 12.3. The van der Waals surface area contributed by atoms with Gasteiger partial charge in [0.15, 0.2) is 6.10 Å². The maximum Gasteiger partial charge on any atom is 0.308 e. The van der Waals surface area contributed by atoms with E-state index >= 15 is 0 Å². The molecule has 0 spiro atoms. The molecule has 9 nitrogen and oxygen atoms in total. The molecule has 1 aromatic carbocycles. The highest BCUT2D eigenvalue weighted by Gasteiger charge is 2.18. The molecule has 1 atom stereocenters. The average molecular weight is 370 g/mol. The van der Waals surface area contributed by atoms with E-state index in [9.17, 15) is 14.4 Å². The number of carbonyl (C=O) groups is 2. The number of benzene rings is 1. The van der Waals surface area contributed by atoms with E-state index in [0.717, 1.165) is 4.68 Å². The monoisotopic (exact) mass is 370 g/mol. The highest BCUT2D eigenvalue weighted by molar-refractivity contribution is 5.83. The summed E-state index contributed by atoms with van der Waals surface area (Å²) in [4.78, 5) is 36.2. The van der Waals surface area contributed by atoms with E-state index in [1.54, 1.807) is 36.4 Å². The first kappa shape index (κ1) is 18.3. The van der Waals surface area contributed by atoms with E-state index in [1.807, 2.05) is 0 Å². The molecule has 0 saturated carbocycles. The number of aryl methyl sites for hydroxylation is 1. The molecule has 0 saturated heterocycles. The van der Waals surface area contributed by atoms with Crippen LogP contribution in [0.4, 0.5) is 0 Å². The van der Waals surface area contributed by atoms with Crippen molar-refractivity contribution in [2.24, 2.45) is 0 Å². The zero-order chi connectivity index (χ0) is 19.2. The van der Waals surface area contributed by atoms with Crippen molar-refractivity contribution in [2.45, 2.75) is 32.5 Å². The Labute approximate surface area is 153 Å². The Morgan fingerprint density at radius 1 is 1.26 bits per heavy atom. The number of nitrogens with one attached hydrogen (secondary N) is 1. The molecular formula is C18H18N4O5. The Bertz CT molecular complexity index is 996. The van der Waals surface area contributed by atoms with Crippen LogP contribution in [0.3, 0.4) is 0 Å². The van der Waals surface area contributed by atoms with Gasteiger partial charge in [0.2, 0.25) is 0 Å². The molecule has 27 heavy (non-hydrogen) atoms. The number of aromatic nitrogens is 3. The summed E-state index contributed by atoms with van der Waals surface area (Å²) in [6.07, 6.45) is 0.428. The number of hydrogen-bond acceptors (Lipinski definition) is 7. The van der Waals surface area contributed by atoms with E-state index in [0.29, 0.717) is 16.7 Å². The Hall–Kier alpha value is -3.49. The number of nitrogens with zero attached hydrogens (tertiary/aromatic N) is 3. The Morgan fingerprint density at radius 3 is 2.85 bits per heavy atom. The van der Waals surface area contributed by atoms with Gasteiger partial charge in [0.25, 0.3) is 11.5 Å². The molecule has 0 radical (unpaired) electrons. The quantitative estimate of drug-likeness (QED) is 0.617. The van der Waals surface area contributed by atoms with Crippen molar-refractivity contribution >= 4 is 22.8 Å². The summed E-state index contributed by atoms with van der Waals surface area (Å²) in [7, 11) is 0. The van der Waals surface area contributed by atoms with Crippen LogP contribution in [0.2, 0.25) is 0 Å². The molecule has 3 aromatic rings. The molecule has 0 bridgehead atoms. The zero-order valence-corrected chi connectivity index (χ0v) is 14.6. The van der Waals surface area contributed by atoms with E-state index in [2.05, 4.69) is 15.6 Å². The number of amides is 1. The van der Waals surface area contributed by atoms with Gasteiger partial charge in [-0.1, -0.05) is 17.3 Å². The third kappa shape index (κ3) is 4.57. The molecule has 1 amide bonds. The summed E-state index contributed by atoms with van der Waals surface area (Å²) in [5, 5.41) is 10.8. The summed E-state index contributed by atoms with van der Waals surface area (Å²) < 4.78 is 11.3. The van der Waals surface area contributed by atoms with Crippen LogP contribution in [0.5, 0.6) is 0 Å². The molecule has 2 aromatic heterocycles. The molecule has 0 aliphatic rings. The SMILES string of the molecule is CC(OC(=O)CCn1nnc2ccccc2c1=O)C(=O)NCc1ccco1. The van der Waals surface area contributed by atoms with E-state index in [1.165, 1.54) is 13.2 Å². The van der Waals surface area contributed by atoms with Gasteiger partial charge >= 0.3 is 5.97 Å². The predicted octanol–water partition coefficient (Wildman–Crippen LogP) is 1.02. The second-order valence-electron chi connectivity index (χ2n) is 5.81. The molecule has 1 unspecified atom stereocenters. The minimum absolute atomic E-state index is 0.0102. The molecule has 9 heteroatoms. The number of rotatable bonds is 7. The van der Waals surface area contributed by atoms with Crippen molar-refractivity contribution in [3.63, 3.8) is 0 Å². The number of hydrogen-bond donors (Lipinski definition) is 1. The van der Waals surface area contributed by atoms with Gasteiger partial charge in [0.1, 0.15) is 11.3 Å². The first-order chi connectivity index (χ1) is 13.0. The summed E-state index contributed by atoms with van der Waals surface area (Å²) in [6, 6.07) is 10.3. The standard InChI is InChI=1S/C18H18N4O5/c1-12(17(24)19-11-13-5-4-10-26-13)27-16(23)8-9-22-18(25)14-6-2-3-7-15(14)20-21-22/h2-7,10,12H,8-9,11H2,1H3,(H,19,24). The van der Waals surface area contributed by atoms with Gasteiger partial charge in [0.05, 0.1) is 31.2 Å². The average Bonchev–Trinajstić information content (AvgIpc) is 3.19. The summed E-state index contributed by atoms with van der Waals surface area (Å²) in [6.45, 7) is 1.68. The minimum atomic E-state index is -0.966. The molecule has 3 rings (SSSR count). The predicted molar refractivity (Wildman–Crippen MR) is 94.5 cm³/mol. The lowest BCUT2D eigenvalue weighted by Gasteiger charge is -2.13. The highest BCUT2D eigenvalue weighted by Crippen LogP contribution is 2.04. The number of furan rings is 1. The van der Waals surface area contributed by atoms with Crippen molar-refractivity contribution in [1.82, 2.24) is 20.3 Å². The number of ether oxygens (including phenoxy) is 1. The second-order valence-corrected chi connectivity index (χ2v) is 5.81. The van der Waals surface area contributed by atoms with Crippen LogP contribution in [-0.2, 0) is 27.4 Å². The van der Waals surface area contributed by atoms with Crippen molar-refractivity contribution in [3.8, 4) is 0 Å². The summed E-state index contributed by atoms with van der Waals surface area (Å²) in [5.74, 6) is -0.462. The van der Waals surface area contributed by atoms with Gasteiger partial charge in [-0.25, -0.2) is 4.68 Å². The Balaban J connectivity index is 1.51. The van der Waals surface area contributed by atoms with Crippen LogP contribution in [0, 0.1) is 0 Å². The largest absolute Gasteiger partial charge is 0.467 e. The third-order valence-electron chi connectivity index (χ3n) is 3.85. The van der Waals surface area contributed by atoms with E-state index in [4.69, 9.17) is 9.15 Å². The van der Waals surface area contributed by atoms with Crippen molar-refractivity contribution in [1.29, 1.82) is 0 Å². The van der Waals surface area contributed by atoms with E-state index < -0.39 is 18.0 Å². The van der Waals surface area contributed by atoms with Crippen LogP contribution in [0.1, 0.15) is 19.1 Å². The highest BCUT2D eigenvalue weighted by atomic mass is 16.5. The number of fused-ring (bicyclic) bond motifs is 1. The van der Waals surface area contributed by atoms with Crippen molar-refractivity contribution in [2.75, 3.05) is 0 Å². The molecule has 0 fully saturated rings. The lowest BCUT2D eigenvalue weighted by Crippen LogP contribution is -2.35. The lowest BCUT2D eigenvalue weighted by atomic mass is 10.2. The maximum atomic E-state index is 12.3. The van der Waals surface area contributed by atoms with Crippen LogP contribution in [-0.4, -0.2) is 33.0 Å². The molecular weight excluding hydrogens is 352 g/mol. The first-order valence-electron chi connectivity index (χ1n) is 8.36. The van der Waals surface area contributed by atoms with Gasteiger partial charge < -0.3 is 14.5 Å². The fourth-order valence-corrected chi connectivity index (χ4v) is 2.41. The Kier molecular flexibility index (Phi) is 5.60. The molecule has 0 aliphatic heterocycles. The molecule has 2 heterocycles. The summed E-state index contributed by atoms with van der Waals surface area (Å²) in [5.41, 5.74) is 0.154. The lowest BCUT2D eigenvalue weighted by molar-refractivity contribution is -0.155.